The summed E-state index contributed by atoms with van der Waals surface area (Å²) in [5.41, 5.74) is 0.467. The molecule has 0 aliphatic heterocycles. The van der Waals surface area contributed by atoms with Crippen molar-refractivity contribution in [2.24, 2.45) is 0 Å². The maximum Gasteiger partial charge on any atom is 0.427 e. The van der Waals surface area contributed by atoms with Crippen LogP contribution in [0.4, 0.5) is 10.2 Å². The fraction of sp³-hybridized carbons (Fsp3) is 0.0588. The Kier molecular flexibility index (Phi) is 5.38. The normalized spacial score (nSPS) is 10.6. The highest BCUT2D eigenvalue weighted by Gasteiger charge is 2.33. The summed E-state index contributed by atoms with van der Waals surface area (Å²) in [5, 5.41) is 17.6. The van der Waals surface area contributed by atoms with E-state index in [0.29, 0.717) is 10.6 Å². The van der Waals surface area contributed by atoms with Crippen molar-refractivity contribution in [1.29, 1.82) is 0 Å². The maximum absolute atomic E-state index is 13.0. The summed E-state index contributed by atoms with van der Waals surface area (Å²) in [6.45, 7) is 0.0231. The van der Waals surface area contributed by atoms with E-state index < -0.39 is 22.5 Å². The zero-order valence-electron chi connectivity index (χ0n) is 13.4. The van der Waals surface area contributed by atoms with Crippen LogP contribution in [0.5, 0.6) is 0 Å². The van der Waals surface area contributed by atoms with Crippen molar-refractivity contribution in [2.75, 3.05) is 0 Å². The first-order valence-electron chi connectivity index (χ1n) is 7.49. The molecule has 0 saturated heterocycles. The van der Waals surface area contributed by atoms with Gasteiger partial charge < -0.3 is 15.4 Å². The number of aromatic nitrogens is 1. The number of carbonyl (C=O) groups is 1. The Morgan fingerprint density at radius 2 is 1.93 bits per heavy atom. The smallest absolute Gasteiger partial charge is 0.358 e. The maximum atomic E-state index is 13.0. The van der Waals surface area contributed by atoms with E-state index in [0.717, 1.165) is 0 Å². The summed E-state index contributed by atoms with van der Waals surface area (Å²) >= 11 is 12.0. The summed E-state index contributed by atoms with van der Waals surface area (Å²) in [4.78, 5) is 23.0. The molecule has 0 saturated carbocycles. The Morgan fingerprint density at radius 1 is 1.22 bits per heavy atom. The summed E-state index contributed by atoms with van der Waals surface area (Å²) in [6, 6.07) is 9.81. The van der Waals surface area contributed by atoms with E-state index in [4.69, 9.17) is 27.7 Å². The molecule has 27 heavy (non-hydrogen) atoms. The summed E-state index contributed by atoms with van der Waals surface area (Å²) in [7, 11) is 0. The standard InChI is InChI=1S/C17H10Cl2FN3O4/c18-10-3-6-12(13(19)7-10)15-14(16(22-27-15)23(25)26)17(24)21-8-9-1-4-11(20)5-2-9/h1-7H,8H2,(H,21,24). The number of nitrogens with zero attached hydrogens (tertiary/aromatic N) is 2. The first kappa shape index (κ1) is 18.8. The highest BCUT2D eigenvalue weighted by Crippen LogP contribution is 2.36. The van der Waals surface area contributed by atoms with E-state index in [1.54, 1.807) is 0 Å². The second kappa shape index (κ2) is 7.73. The quantitative estimate of drug-likeness (QED) is 0.489. The van der Waals surface area contributed by atoms with Crippen LogP contribution >= 0.6 is 23.2 Å². The lowest BCUT2D eigenvalue weighted by Crippen LogP contribution is -2.23. The van der Waals surface area contributed by atoms with Crippen molar-refractivity contribution in [1.82, 2.24) is 10.5 Å². The Hall–Kier alpha value is -2.97. The second-order valence-corrected chi connectivity index (χ2v) is 6.24. The lowest BCUT2D eigenvalue weighted by Gasteiger charge is -2.06. The Balaban J connectivity index is 1.94. The molecule has 1 N–H and O–H groups in total. The fourth-order valence-electron chi connectivity index (χ4n) is 2.34. The minimum atomic E-state index is -0.830. The minimum absolute atomic E-state index is 0.0231. The molecule has 0 fully saturated rings. The van der Waals surface area contributed by atoms with Gasteiger partial charge in [0.2, 0.25) is 5.76 Å². The van der Waals surface area contributed by atoms with Crippen molar-refractivity contribution in [2.45, 2.75) is 6.54 Å². The first-order chi connectivity index (χ1) is 12.9. The SMILES string of the molecule is O=C(NCc1ccc(F)cc1)c1c([N+](=O)[O-])noc1-c1ccc(Cl)cc1Cl. The minimum Gasteiger partial charge on any atom is -0.358 e. The van der Waals surface area contributed by atoms with Crippen LogP contribution in [-0.2, 0) is 6.54 Å². The highest BCUT2D eigenvalue weighted by atomic mass is 35.5. The molecule has 0 bridgehead atoms. The number of nitro groups is 1. The van der Waals surface area contributed by atoms with Crippen molar-refractivity contribution in [3.05, 3.63) is 79.6 Å². The van der Waals surface area contributed by atoms with Gasteiger partial charge in [-0.1, -0.05) is 35.3 Å². The van der Waals surface area contributed by atoms with E-state index in [2.05, 4.69) is 10.5 Å². The van der Waals surface area contributed by atoms with Crippen LogP contribution in [0, 0.1) is 15.9 Å². The Labute approximate surface area is 161 Å². The van der Waals surface area contributed by atoms with Gasteiger partial charge in [-0.05, 0) is 40.8 Å². The molecule has 0 atom stereocenters. The molecule has 138 valence electrons. The molecule has 3 rings (SSSR count). The molecule has 10 heteroatoms. The lowest BCUT2D eigenvalue weighted by molar-refractivity contribution is -0.391. The lowest BCUT2D eigenvalue weighted by atomic mass is 10.1. The first-order valence-corrected chi connectivity index (χ1v) is 8.24. The zero-order chi connectivity index (χ0) is 19.6. The molecule has 0 radical (unpaired) electrons. The summed E-state index contributed by atoms with van der Waals surface area (Å²) in [5.74, 6) is -2.10. The van der Waals surface area contributed by atoms with Crippen LogP contribution in [0.25, 0.3) is 11.3 Å². The number of benzene rings is 2. The number of halogens is 3. The van der Waals surface area contributed by atoms with Gasteiger partial charge in [0, 0.05) is 17.1 Å². The summed E-state index contributed by atoms with van der Waals surface area (Å²) < 4.78 is 18.0. The van der Waals surface area contributed by atoms with Crippen LogP contribution < -0.4 is 5.32 Å². The van der Waals surface area contributed by atoms with Crippen molar-refractivity contribution in [3.63, 3.8) is 0 Å². The number of carbonyl (C=O) groups excluding carboxylic acids is 1. The van der Waals surface area contributed by atoms with E-state index in [9.17, 15) is 19.3 Å². The van der Waals surface area contributed by atoms with Crippen LogP contribution in [-0.4, -0.2) is 16.0 Å². The van der Waals surface area contributed by atoms with Gasteiger partial charge in [-0.2, -0.15) is 0 Å². The van der Waals surface area contributed by atoms with Gasteiger partial charge in [0.25, 0.3) is 5.91 Å². The Morgan fingerprint density at radius 3 is 2.56 bits per heavy atom. The largest absolute Gasteiger partial charge is 0.427 e. The van der Waals surface area contributed by atoms with E-state index in [1.807, 2.05) is 0 Å². The van der Waals surface area contributed by atoms with Crippen LogP contribution in [0.2, 0.25) is 10.0 Å². The molecule has 2 aromatic carbocycles. The molecule has 0 unspecified atom stereocenters. The monoisotopic (exact) mass is 409 g/mol. The predicted molar refractivity (Wildman–Crippen MR) is 96.2 cm³/mol. The van der Waals surface area contributed by atoms with Crippen LogP contribution in [0.15, 0.2) is 47.0 Å². The van der Waals surface area contributed by atoms with Gasteiger partial charge in [-0.15, -0.1) is 0 Å². The molecule has 1 aromatic heterocycles. The zero-order valence-corrected chi connectivity index (χ0v) is 14.9. The van der Waals surface area contributed by atoms with E-state index >= 15 is 0 Å². The van der Waals surface area contributed by atoms with Crippen molar-refractivity contribution >= 4 is 34.9 Å². The van der Waals surface area contributed by atoms with Crippen molar-refractivity contribution in [3.8, 4) is 11.3 Å². The van der Waals surface area contributed by atoms with Gasteiger partial charge in [0.15, 0.2) is 10.7 Å². The molecule has 7 nitrogen and oxygen atoms in total. The average Bonchev–Trinajstić information content (AvgIpc) is 3.06. The molecule has 1 amide bonds. The Bertz CT molecular complexity index is 1020. The average molecular weight is 410 g/mol. The van der Waals surface area contributed by atoms with Crippen LogP contribution in [0.3, 0.4) is 0 Å². The van der Waals surface area contributed by atoms with Crippen LogP contribution in [0.1, 0.15) is 15.9 Å². The van der Waals surface area contributed by atoms with Gasteiger partial charge >= 0.3 is 5.82 Å². The van der Waals surface area contributed by atoms with Gasteiger partial charge in [-0.25, -0.2) is 4.39 Å². The number of rotatable bonds is 5. The topological polar surface area (TPSA) is 98.3 Å². The second-order valence-electron chi connectivity index (χ2n) is 5.40. The number of hydrogen-bond donors (Lipinski definition) is 1. The van der Waals surface area contributed by atoms with E-state index in [-0.39, 0.29) is 28.5 Å². The number of amides is 1. The van der Waals surface area contributed by atoms with Gasteiger partial charge in [0.05, 0.1) is 5.02 Å². The van der Waals surface area contributed by atoms with Gasteiger partial charge in [0.1, 0.15) is 5.82 Å². The summed E-state index contributed by atoms with van der Waals surface area (Å²) in [6.07, 6.45) is 0. The number of nitrogens with one attached hydrogen (secondary N) is 1. The molecular formula is C17H10Cl2FN3O4. The third-order valence-electron chi connectivity index (χ3n) is 3.62. The molecule has 0 aliphatic carbocycles. The highest BCUT2D eigenvalue weighted by molar-refractivity contribution is 6.36. The molecular weight excluding hydrogens is 400 g/mol. The third-order valence-corrected chi connectivity index (χ3v) is 4.16. The van der Waals surface area contributed by atoms with Crippen molar-refractivity contribution < 1.29 is 18.6 Å². The number of hydrogen-bond acceptors (Lipinski definition) is 5. The van der Waals surface area contributed by atoms with E-state index in [1.165, 1.54) is 42.5 Å². The van der Waals surface area contributed by atoms with Gasteiger partial charge in [-0.3, -0.25) is 9.32 Å². The predicted octanol–water partition coefficient (Wildman–Crippen LogP) is 4.63. The fourth-order valence-corrected chi connectivity index (χ4v) is 2.84. The molecule has 1 heterocycles. The molecule has 3 aromatic rings. The molecule has 0 aliphatic rings. The molecule has 0 spiro atoms. The third kappa shape index (κ3) is 4.07.